The lowest BCUT2D eigenvalue weighted by molar-refractivity contribution is -0.123. The molecule has 3 fully saturated rings. The van der Waals surface area contributed by atoms with Crippen molar-refractivity contribution >= 4 is 17.5 Å². The van der Waals surface area contributed by atoms with Gasteiger partial charge >= 0.3 is 0 Å². The van der Waals surface area contributed by atoms with Gasteiger partial charge in [0.1, 0.15) is 0 Å². The predicted octanol–water partition coefficient (Wildman–Crippen LogP) is 4.19. The van der Waals surface area contributed by atoms with E-state index in [2.05, 4.69) is 13.8 Å². The normalized spacial score (nSPS) is 36.6. The Hall–Kier alpha value is -1.64. The molecule has 24 heavy (non-hydrogen) atoms. The molecule has 3 nitrogen and oxygen atoms in total. The average molecular weight is 325 g/mol. The van der Waals surface area contributed by atoms with E-state index in [9.17, 15) is 9.59 Å². The van der Waals surface area contributed by atoms with Crippen LogP contribution in [0.2, 0.25) is 0 Å². The topological polar surface area (TPSA) is 37.4 Å². The van der Waals surface area contributed by atoms with Gasteiger partial charge in [-0.25, -0.2) is 0 Å². The minimum atomic E-state index is -0.134. The average Bonchev–Trinajstić information content (AvgIpc) is 3.22. The maximum Gasteiger partial charge on any atom is 0.237 e. The van der Waals surface area contributed by atoms with Crippen LogP contribution in [0.1, 0.15) is 45.1 Å². The number of carbonyl (C=O) groups excluding carboxylic acids is 2. The standard InChI is InChI=1S/C21H27NO2/c1-12-4-8-17(9-5-12)22-19(23)11-18(21(22)24)14(3)20-13(2)15-6-7-16(20)10-15/h4-5,8-9,13-16,18,20H,6-7,10-11H2,1-3H3. The number of aryl methyl sites for hydroxylation is 1. The van der Waals surface area contributed by atoms with Crippen LogP contribution < -0.4 is 4.90 Å². The number of carbonyl (C=O) groups is 2. The van der Waals surface area contributed by atoms with Crippen molar-refractivity contribution in [2.45, 2.75) is 46.5 Å². The molecule has 1 saturated heterocycles. The van der Waals surface area contributed by atoms with Crippen molar-refractivity contribution in [2.24, 2.45) is 35.5 Å². The number of fused-ring (bicyclic) bond motifs is 2. The number of amides is 2. The second-order valence-corrected chi connectivity index (χ2v) is 8.34. The summed E-state index contributed by atoms with van der Waals surface area (Å²) in [5, 5.41) is 0. The van der Waals surface area contributed by atoms with Crippen molar-refractivity contribution in [1.82, 2.24) is 0 Å². The van der Waals surface area contributed by atoms with Crippen LogP contribution in [0, 0.1) is 42.4 Å². The van der Waals surface area contributed by atoms with Crippen molar-refractivity contribution < 1.29 is 9.59 Å². The minimum Gasteiger partial charge on any atom is -0.274 e. The Morgan fingerprint density at radius 3 is 2.38 bits per heavy atom. The van der Waals surface area contributed by atoms with E-state index in [-0.39, 0.29) is 17.7 Å². The van der Waals surface area contributed by atoms with Crippen molar-refractivity contribution in [3.05, 3.63) is 29.8 Å². The van der Waals surface area contributed by atoms with Crippen LogP contribution in [0.5, 0.6) is 0 Å². The van der Waals surface area contributed by atoms with E-state index in [1.54, 1.807) is 0 Å². The van der Waals surface area contributed by atoms with Crippen molar-refractivity contribution in [1.29, 1.82) is 0 Å². The van der Waals surface area contributed by atoms with Gasteiger partial charge < -0.3 is 0 Å². The first kappa shape index (κ1) is 15.9. The van der Waals surface area contributed by atoms with Gasteiger partial charge in [0, 0.05) is 6.42 Å². The largest absolute Gasteiger partial charge is 0.274 e. The van der Waals surface area contributed by atoms with Crippen LogP contribution >= 0.6 is 0 Å². The lowest BCUT2D eigenvalue weighted by atomic mass is 9.69. The fraction of sp³-hybridized carbons (Fsp3) is 0.619. The number of benzene rings is 1. The Morgan fingerprint density at radius 2 is 1.75 bits per heavy atom. The Balaban J connectivity index is 1.56. The lowest BCUT2D eigenvalue weighted by Crippen LogP contribution is -2.36. The molecule has 0 aromatic heterocycles. The zero-order valence-corrected chi connectivity index (χ0v) is 14.9. The van der Waals surface area contributed by atoms with Gasteiger partial charge in [-0.3, -0.25) is 14.5 Å². The zero-order valence-electron chi connectivity index (χ0n) is 14.9. The lowest BCUT2D eigenvalue weighted by Gasteiger charge is -2.35. The molecule has 0 spiro atoms. The molecule has 6 unspecified atom stereocenters. The monoisotopic (exact) mass is 325 g/mol. The van der Waals surface area contributed by atoms with E-state index >= 15 is 0 Å². The number of hydrogen-bond donors (Lipinski definition) is 0. The van der Waals surface area contributed by atoms with Gasteiger partial charge in [-0.1, -0.05) is 31.5 Å². The number of hydrogen-bond acceptors (Lipinski definition) is 2. The number of imide groups is 1. The predicted molar refractivity (Wildman–Crippen MR) is 94.4 cm³/mol. The summed E-state index contributed by atoms with van der Waals surface area (Å²) in [4.78, 5) is 27.0. The molecular formula is C21H27NO2. The highest BCUT2D eigenvalue weighted by Gasteiger charge is 2.52. The summed E-state index contributed by atoms with van der Waals surface area (Å²) in [5.41, 5.74) is 1.87. The summed E-state index contributed by atoms with van der Waals surface area (Å²) >= 11 is 0. The third-order valence-corrected chi connectivity index (χ3v) is 7.12. The maximum atomic E-state index is 13.0. The van der Waals surface area contributed by atoms with Crippen LogP contribution in [-0.2, 0) is 9.59 Å². The van der Waals surface area contributed by atoms with E-state index < -0.39 is 0 Å². The van der Waals surface area contributed by atoms with Crippen molar-refractivity contribution in [2.75, 3.05) is 4.90 Å². The Labute approximate surface area is 144 Å². The van der Waals surface area contributed by atoms with Gasteiger partial charge in [0.15, 0.2) is 0 Å². The molecule has 3 heteroatoms. The number of nitrogens with zero attached hydrogens (tertiary/aromatic N) is 1. The molecule has 4 rings (SSSR count). The van der Waals surface area contributed by atoms with Gasteiger partial charge in [-0.05, 0) is 67.9 Å². The van der Waals surface area contributed by atoms with E-state index in [1.807, 2.05) is 31.2 Å². The molecule has 6 atom stereocenters. The van der Waals surface area contributed by atoms with E-state index in [0.29, 0.717) is 24.2 Å². The third kappa shape index (κ3) is 2.32. The quantitative estimate of drug-likeness (QED) is 0.781. The van der Waals surface area contributed by atoms with Crippen LogP contribution in [0.3, 0.4) is 0 Å². The first-order chi connectivity index (χ1) is 11.5. The molecule has 2 aliphatic carbocycles. The molecule has 0 radical (unpaired) electrons. The summed E-state index contributed by atoms with van der Waals surface area (Å²) < 4.78 is 0. The summed E-state index contributed by atoms with van der Waals surface area (Å²) in [7, 11) is 0. The van der Waals surface area contributed by atoms with Gasteiger partial charge in [0.2, 0.25) is 11.8 Å². The molecule has 3 aliphatic rings. The Morgan fingerprint density at radius 1 is 1.08 bits per heavy atom. The summed E-state index contributed by atoms with van der Waals surface area (Å²) in [5.74, 6) is 3.10. The number of anilines is 1. The molecule has 2 amide bonds. The molecule has 2 saturated carbocycles. The molecule has 1 aromatic carbocycles. The molecule has 1 heterocycles. The van der Waals surface area contributed by atoms with Crippen LogP contribution in [0.25, 0.3) is 0 Å². The van der Waals surface area contributed by atoms with E-state index in [0.717, 1.165) is 23.1 Å². The second kappa shape index (κ2) is 5.72. The highest BCUT2D eigenvalue weighted by Crippen LogP contribution is 2.56. The number of rotatable bonds is 3. The molecule has 1 aromatic rings. The minimum absolute atomic E-state index is 0.0197. The zero-order chi connectivity index (χ0) is 17.0. The van der Waals surface area contributed by atoms with Gasteiger partial charge in [-0.15, -0.1) is 0 Å². The van der Waals surface area contributed by atoms with Gasteiger partial charge in [-0.2, -0.15) is 0 Å². The molecule has 0 N–H and O–H groups in total. The van der Waals surface area contributed by atoms with Gasteiger partial charge in [0.25, 0.3) is 0 Å². The SMILES string of the molecule is Cc1ccc(N2C(=O)CC(C(C)C3C4CCC(C4)C3C)C2=O)cc1. The highest BCUT2D eigenvalue weighted by atomic mass is 16.2. The van der Waals surface area contributed by atoms with Crippen LogP contribution in [-0.4, -0.2) is 11.8 Å². The highest BCUT2D eigenvalue weighted by molar-refractivity contribution is 6.21. The molecular weight excluding hydrogens is 298 g/mol. The Kier molecular flexibility index (Phi) is 3.78. The van der Waals surface area contributed by atoms with Crippen LogP contribution in [0.15, 0.2) is 24.3 Å². The molecule has 1 aliphatic heterocycles. The van der Waals surface area contributed by atoms with E-state index in [4.69, 9.17) is 0 Å². The summed E-state index contributed by atoms with van der Waals surface area (Å²) in [6.07, 6.45) is 4.41. The first-order valence-electron chi connectivity index (χ1n) is 9.41. The van der Waals surface area contributed by atoms with Gasteiger partial charge in [0.05, 0.1) is 11.6 Å². The van der Waals surface area contributed by atoms with Crippen LogP contribution in [0.4, 0.5) is 5.69 Å². The summed E-state index contributed by atoms with van der Waals surface area (Å²) in [6.45, 7) is 6.60. The van der Waals surface area contributed by atoms with Crippen molar-refractivity contribution in [3.63, 3.8) is 0 Å². The van der Waals surface area contributed by atoms with E-state index in [1.165, 1.54) is 24.2 Å². The van der Waals surface area contributed by atoms with Crippen molar-refractivity contribution in [3.8, 4) is 0 Å². The fourth-order valence-corrected chi connectivity index (χ4v) is 5.83. The Bertz CT molecular complexity index is 663. The fourth-order valence-electron chi connectivity index (χ4n) is 5.83. The summed E-state index contributed by atoms with van der Waals surface area (Å²) in [6, 6.07) is 7.70. The molecule has 128 valence electrons. The third-order valence-electron chi connectivity index (χ3n) is 7.12. The second-order valence-electron chi connectivity index (χ2n) is 8.34. The molecule has 2 bridgehead atoms. The first-order valence-corrected chi connectivity index (χ1v) is 9.41. The maximum absolute atomic E-state index is 13.0. The smallest absolute Gasteiger partial charge is 0.237 e.